The first kappa shape index (κ1) is 20.2. The molecule has 1 unspecified atom stereocenters. The van der Waals surface area contributed by atoms with Gasteiger partial charge in [-0.2, -0.15) is 0 Å². The number of hydrogen-bond donors (Lipinski definition) is 1. The van der Waals surface area contributed by atoms with E-state index in [0.717, 1.165) is 0 Å². The van der Waals surface area contributed by atoms with E-state index in [-0.39, 0.29) is 17.3 Å². The van der Waals surface area contributed by atoms with Gasteiger partial charge in [0, 0.05) is 17.6 Å². The second-order valence-electron chi connectivity index (χ2n) is 7.25. The molecule has 4 aromatic rings. The summed E-state index contributed by atoms with van der Waals surface area (Å²) in [6, 6.07) is 16.6. The Balaban J connectivity index is 1.74. The summed E-state index contributed by atoms with van der Waals surface area (Å²) >= 11 is 1.29. The number of anilines is 1. The fourth-order valence-corrected chi connectivity index (χ4v) is 4.29. The van der Waals surface area contributed by atoms with E-state index in [2.05, 4.69) is 10.1 Å². The number of fused-ring (bicyclic) bond motifs is 3. The number of thioether (sulfide) groups is 1. The van der Waals surface area contributed by atoms with Crippen molar-refractivity contribution in [1.82, 2.24) is 10.1 Å². The number of aromatic nitrogens is 3. The zero-order valence-corrected chi connectivity index (χ0v) is 18.0. The number of halogens is 1. The summed E-state index contributed by atoms with van der Waals surface area (Å²) in [5, 5.41) is 5.01. The molecule has 1 atom stereocenters. The third kappa shape index (κ3) is 3.21. The molecule has 0 saturated heterocycles. The molecule has 5 rings (SSSR count). The molecular weight excluding hydrogens is 431 g/mol. The van der Waals surface area contributed by atoms with E-state index in [1.54, 1.807) is 47.6 Å². The lowest BCUT2D eigenvalue weighted by Crippen LogP contribution is -2.60. The lowest BCUT2D eigenvalue weighted by Gasteiger charge is -2.29. The Labute approximate surface area is 186 Å². The van der Waals surface area contributed by atoms with Crippen LogP contribution in [0.2, 0.25) is 0 Å². The number of H-pyrrole nitrogens is 1. The molecule has 1 aliphatic heterocycles. The SMILES string of the molecule is CSc1n[n+]2c(c(=O)[nH]1)-c1ccccc1N(C(C)=O)C2c1ccc(-c2ccc(F)cc2)o1. The van der Waals surface area contributed by atoms with Crippen LogP contribution in [0.3, 0.4) is 0 Å². The summed E-state index contributed by atoms with van der Waals surface area (Å²) in [5.74, 6) is 0.364. The molecule has 160 valence electrons. The van der Waals surface area contributed by atoms with Gasteiger partial charge in [0.2, 0.25) is 11.1 Å². The summed E-state index contributed by atoms with van der Waals surface area (Å²) in [6.07, 6.45) is 0.999. The summed E-state index contributed by atoms with van der Waals surface area (Å²) in [5.41, 5.74) is 1.91. The lowest BCUT2D eigenvalue weighted by atomic mass is 10.0. The average Bonchev–Trinajstić information content (AvgIpc) is 3.27. The first-order valence-electron chi connectivity index (χ1n) is 9.83. The van der Waals surface area contributed by atoms with Crippen molar-refractivity contribution in [3.63, 3.8) is 0 Å². The average molecular weight is 449 g/mol. The molecule has 0 aliphatic carbocycles. The second-order valence-corrected chi connectivity index (χ2v) is 8.04. The third-order valence-corrected chi connectivity index (χ3v) is 5.87. The fraction of sp³-hybridized carbons (Fsp3) is 0.130. The number of nitrogens with one attached hydrogen (secondary N) is 1. The smallest absolute Gasteiger partial charge is 0.325 e. The minimum absolute atomic E-state index is 0.229. The quantitative estimate of drug-likeness (QED) is 0.380. The first-order valence-corrected chi connectivity index (χ1v) is 11.1. The van der Waals surface area contributed by atoms with Crippen molar-refractivity contribution in [2.75, 3.05) is 11.2 Å². The molecule has 0 spiro atoms. The topological polar surface area (TPSA) is 83.1 Å². The van der Waals surface area contributed by atoms with Crippen LogP contribution in [0.4, 0.5) is 10.1 Å². The van der Waals surface area contributed by atoms with Crippen LogP contribution in [0.25, 0.3) is 22.6 Å². The summed E-state index contributed by atoms with van der Waals surface area (Å²) in [7, 11) is 0. The zero-order valence-electron chi connectivity index (χ0n) is 17.2. The van der Waals surface area contributed by atoms with Crippen molar-refractivity contribution < 1.29 is 18.3 Å². The fourth-order valence-electron chi connectivity index (χ4n) is 3.92. The van der Waals surface area contributed by atoms with E-state index < -0.39 is 6.17 Å². The molecule has 32 heavy (non-hydrogen) atoms. The molecule has 1 aliphatic rings. The maximum atomic E-state index is 13.3. The molecule has 3 heterocycles. The van der Waals surface area contributed by atoms with Gasteiger partial charge in [-0.15, -0.1) is 0 Å². The van der Waals surface area contributed by atoms with Crippen molar-refractivity contribution in [3.05, 3.63) is 82.6 Å². The standard InChI is InChI=1S/C23H17FN4O3S/c1-13(29)27-17-6-4-3-5-16(17)20-21(30)25-23(32-2)26-28(20)22(27)19-12-11-18(31-19)14-7-9-15(24)10-8-14/h3-12,22H,1-2H3/p+1. The van der Waals surface area contributed by atoms with Crippen molar-refractivity contribution in [3.8, 4) is 22.6 Å². The molecule has 0 saturated carbocycles. The van der Waals surface area contributed by atoms with E-state index in [1.165, 1.54) is 35.5 Å². The Bertz CT molecular complexity index is 1400. The number of rotatable bonds is 3. The normalized spacial score (nSPS) is 14.7. The Kier molecular flexibility index (Phi) is 4.90. The number of amides is 1. The number of furan rings is 1. The van der Waals surface area contributed by atoms with Gasteiger partial charge < -0.3 is 4.42 Å². The predicted molar refractivity (Wildman–Crippen MR) is 118 cm³/mol. The van der Waals surface area contributed by atoms with Crippen LogP contribution < -0.4 is 15.1 Å². The van der Waals surface area contributed by atoms with E-state index in [9.17, 15) is 14.0 Å². The predicted octanol–water partition coefficient (Wildman–Crippen LogP) is 3.76. The minimum atomic E-state index is -0.806. The molecule has 1 amide bonds. The largest absolute Gasteiger partial charge is 0.452 e. The van der Waals surface area contributed by atoms with Crippen LogP contribution >= 0.6 is 11.8 Å². The van der Waals surface area contributed by atoms with Crippen LogP contribution in [0, 0.1) is 5.82 Å². The molecule has 0 radical (unpaired) electrons. The van der Waals surface area contributed by atoms with Crippen molar-refractivity contribution in [2.24, 2.45) is 0 Å². The maximum absolute atomic E-state index is 13.3. The molecule has 0 fully saturated rings. The van der Waals surface area contributed by atoms with E-state index in [4.69, 9.17) is 4.42 Å². The van der Waals surface area contributed by atoms with Gasteiger partial charge >= 0.3 is 17.4 Å². The highest BCUT2D eigenvalue weighted by molar-refractivity contribution is 7.98. The monoisotopic (exact) mass is 449 g/mol. The number of benzene rings is 2. The second kappa shape index (κ2) is 7.76. The number of carbonyl (C=O) groups excluding carboxylic acids is 1. The van der Waals surface area contributed by atoms with Crippen LogP contribution in [0.5, 0.6) is 0 Å². The third-order valence-electron chi connectivity index (χ3n) is 5.30. The Morgan fingerprint density at radius 1 is 1.16 bits per heavy atom. The van der Waals surface area contributed by atoms with Gasteiger partial charge in [0.15, 0.2) is 5.76 Å². The zero-order chi connectivity index (χ0) is 22.4. The van der Waals surface area contributed by atoms with Gasteiger partial charge in [-0.25, -0.2) is 9.29 Å². The molecular formula is C23H18FN4O3S+. The summed E-state index contributed by atoms with van der Waals surface area (Å²) < 4.78 is 21.0. The van der Waals surface area contributed by atoms with Crippen molar-refractivity contribution >= 4 is 23.4 Å². The van der Waals surface area contributed by atoms with E-state index in [1.807, 2.05) is 12.1 Å². The van der Waals surface area contributed by atoms with Gasteiger partial charge in [-0.1, -0.05) is 23.9 Å². The van der Waals surface area contributed by atoms with Gasteiger partial charge in [-0.3, -0.25) is 14.6 Å². The van der Waals surface area contributed by atoms with Gasteiger partial charge in [0.1, 0.15) is 11.6 Å². The Morgan fingerprint density at radius 3 is 2.62 bits per heavy atom. The summed E-state index contributed by atoms with van der Waals surface area (Å²) in [4.78, 5) is 30.2. The number of carbonyl (C=O) groups is 1. The van der Waals surface area contributed by atoms with E-state index in [0.29, 0.717) is 39.2 Å². The molecule has 2 aromatic heterocycles. The van der Waals surface area contributed by atoms with Crippen LogP contribution in [-0.4, -0.2) is 22.2 Å². The molecule has 1 N–H and O–H groups in total. The highest BCUT2D eigenvalue weighted by Crippen LogP contribution is 2.38. The number of hydrogen-bond acceptors (Lipinski definition) is 5. The highest BCUT2D eigenvalue weighted by atomic mass is 32.2. The van der Waals surface area contributed by atoms with Gasteiger partial charge in [0.25, 0.3) is 0 Å². The number of nitrogens with zero attached hydrogens (tertiary/aromatic N) is 3. The van der Waals surface area contributed by atoms with Gasteiger partial charge in [0.05, 0.1) is 11.3 Å². The molecule has 7 nitrogen and oxygen atoms in total. The molecule has 2 aromatic carbocycles. The highest BCUT2D eigenvalue weighted by Gasteiger charge is 2.46. The van der Waals surface area contributed by atoms with Crippen molar-refractivity contribution in [2.45, 2.75) is 18.2 Å². The lowest BCUT2D eigenvalue weighted by molar-refractivity contribution is -0.764. The Morgan fingerprint density at radius 2 is 1.91 bits per heavy atom. The molecule has 9 heteroatoms. The molecule has 0 bridgehead atoms. The van der Waals surface area contributed by atoms with E-state index >= 15 is 0 Å². The van der Waals surface area contributed by atoms with Gasteiger partial charge in [-0.05, 0) is 59.5 Å². The number of aromatic amines is 1. The summed E-state index contributed by atoms with van der Waals surface area (Å²) in [6.45, 7) is 1.46. The maximum Gasteiger partial charge on any atom is 0.325 e. The van der Waals surface area contributed by atoms with Crippen LogP contribution in [0.1, 0.15) is 18.8 Å². The van der Waals surface area contributed by atoms with Crippen molar-refractivity contribution in [1.29, 1.82) is 0 Å². The minimum Gasteiger partial charge on any atom is -0.452 e. The van der Waals surface area contributed by atoms with Crippen LogP contribution in [-0.2, 0) is 4.79 Å². The van der Waals surface area contributed by atoms with Crippen LogP contribution in [0.15, 0.2) is 75.0 Å². The number of para-hydroxylation sites is 1. The first-order chi connectivity index (χ1) is 15.5. The Hall–Kier alpha value is -3.72.